The number of hydrogen-bond donors (Lipinski definition) is 2. The first-order chi connectivity index (χ1) is 9.63. The Morgan fingerprint density at radius 1 is 0.750 bits per heavy atom. The highest BCUT2D eigenvalue weighted by Gasteiger charge is 2.07. The molecule has 0 heterocycles. The van der Waals surface area contributed by atoms with Crippen LogP contribution in [0.2, 0.25) is 0 Å². The van der Waals surface area contributed by atoms with E-state index in [1.54, 1.807) is 21.6 Å². The average molecular weight is 304 g/mol. The van der Waals surface area contributed by atoms with E-state index in [0.29, 0.717) is 13.1 Å². The number of nitrogens with two attached hydrogens (primary N) is 2. The topological polar surface area (TPSA) is 52.0 Å². The number of aryl methyl sites for hydroxylation is 2. The second-order valence-electron chi connectivity index (χ2n) is 4.80. The maximum atomic E-state index is 5.82. The Balaban J connectivity index is 2.16. The minimum absolute atomic E-state index is 0.572. The molecule has 0 aliphatic carbocycles. The van der Waals surface area contributed by atoms with Crippen LogP contribution in [0.25, 0.3) is 0 Å². The molecule has 106 valence electrons. The highest BCUT2D eigenvalue weighted by Crippen LogP contribution is 2.40. The molecule has 2 aromatic rings. The van der Waals surface area contributed by atoms with Crippen molar-refractivity contribution in [2.24, 2.45) is 11.5 Å². The van der Waals surface area contributed by atoms with Gasteiger partial charge in [0.05, 0.1) is 0 Å². The Morgan fingerprint density at radius 3 is 1.50 bits per heavy atom. The van der Waals surface area contributed by atoms with Crippen molar-refractivity contribution in [3.8, 4) is 0 Å². The number of hydrogen-bond acceptors (Lipinski definition) is 4. The third-order valence-corrected chi connectivity index (χ3v) is 5.66. The van der Waals surface area contributed by atoms with Gasteiger partial charge in [0, 0.05) is 22.9 Å². The molecule has 0 saturated heterocycles. The van der Waals surface area contributed by atoms with Gasteiger partial charge in [0.2, 0.25) is 0 Å². The summed E-state index contributed by atoms with van der Waals surface area (Å²) in [6, 6.07) is 12.9. The molecule has 4 heteroatoms. The summed E-state index contributed by atoms with van der Waals surface area (Å²) in [5, 5.41) is 0. The van der Waals surface area contributed by atoms with Crippen molar-refractivity contribution in [3.63, 3.8) is 0 Å². The van der Waals surface area contributed by atoms with Gasteiger partial charge in [-0.15, -0.1) is 0 Å². The SMILES string of the molecule is Cc1ccc(SSc2ccc(C)cc2CN)c(CN)c1. The summed E-state index contributed by atoms with van der Waals surface area (Å²) in [6.45, 7) is 5.32. The van der Waals surface area contributed by atoms with E-state index in [-0.39, 0.29) is 0 Å². The Hall–Kier alpha value is -0.940. The Bertz CT molecular complexity index is 544. The van der Waals surface area contributed by atoms with Gasteiger partial charge < -0.3 is 11.5 Å². The van der Waals surface area contributed by atoms with Crippen LogP contribution in [-0.4, -0.2) is 0 Å². The highest BCUT2D eigenvalue weighted by atomic mass is 33.1. The fourth-order valence-electron chi connectivity index (χ4n) is 1.99. The summed E-state index contributed by atoms with van der Waals surface area (Å²) in [5.41, 5.74) is 16.5. The van der Waals surface area contributed by atoms with Crippen LogP contribution in [-0.2, 0) is 13.1 Å². The molecular formula is C16H20N2S2. The van der Waals surface area contributed by atoms with E-state index in [1.165, 1.54) is 32.0 Å². The molecular weight excluding hydrogens is 284 g/mol. The molecule has 0 bridgehead atoms. The Labute approximate surface area is 128 Å². The first-order valence-corrected chi connectivity index (χ1v) is 8.72. The molecule has 2 aromatic carbocycles. The quantitative estimate of drug-likeness (QED) is 0.819. The van der Waals surface area contributed by atoms with Crippen molar-refractivity contribution >= 4 is 21.6 Å². The lowest BCUT2D eigenvalue weighted by molar-refractivity contribution is 1.02. The van der Waals surface area contributed by atoms with E-state index in [2.05, 4.69) is 50.2 Å². The lowest BCUT2D eigenvalue weighted by Gasteiger charge is -2.10. The van der Waals surface area contributed by atoms with Crippen LogP contribution in [0.4, 0.5) is 0 Å². The van der Waals surface area contributed by atoms with E-state index in [0.717, 1.165) is 0 Å². The van der Waals surface area contributed by atoms with Crippen LogP contribution in [0.1, 0.15) is 22.3 Å². The molecule has 0 amide bonds. The molecule has 2 nitrogen and oxygen atoms in total. The summed E-state index contributed by atoms with van der Waals surface area (Å²) in [4.78, 5) is 2.46. The molecule has 0 atom stereocenters. The molecule has 20 heavy (non-hydrogen) atoms. The lowest BCUT2D eigenvalue weighted by Crippen LogP contribution is -1.99. The van der Waals surface area contributed by atoms with Crippen molar-refractivity contribution in [1.29, 1.82) is 0 Å². The molecule has 0 fully saturated rings. The van der Waals surface area contributed by atoms with Crippen LogP contribution in [0, 0.1) is 13.8 Å². The number of benzene rings is 2. The van der Waals surface area contributed by atoms with Crippen molar-refractivity contribution in [3.05, 3.63) is 58.7 Å². The molecule has 4 N–H and O–H groups in total. The van der Waals surface area contributed by atoms with Gasteiger partial charge in [-0.2, -0.15) is 0 Å². The predicted molar refractivity (Wildman–Crippen MR) is 89.9 cm³/mol. The van der Waals surface area contributed by atoms with Gasteiger partial charge in [-0.3, -0.25) is 0 Å². The van der Waals surface area contributed by atoms with Gasteiger partial charge >= 0.3 is 0 Å². The van der Waals surface area contributed by atoms with Gasteiger partial charge in [0.1, 0.15) is 0 Å². The van der Waals surface area contributed by atoms with Crippen LogP contribution in [0.3, 0.4) is 0 Å². The summed E-state index contributed by atoms with van der Waals surface area (Å²) in [7, 11) is 3.50. The molecule has 0 radical (unpaired) electrons. The minimum atomic E-state index is 0.572. The third-order valence-electron chi connectivity index (χ3n) is 3.09. The Morgan fingerprint density at radius 2 is 1.15 bits per heavy atom. The Kier molecular flexibility index (Phi) is 5.54. The van der Waals surface area contributed by atoms with Gasteiger partial charge in [-0.05, 0) is 37.1 Å². The maximum Gasteiger partial charge on any atom is 0.0231 e. The zero-order valence-corrected chi connectivity index (χ0v) is 13.5. The monoisotopic (exact) mass is 304 g/mol. The van der Waals surface area contributed by atoms with E-state index in [4.69, 9.17) is 11.5 Å². The van der Waals surface area contributed by atoms with Crippen LogP contribution in [0.15, 0.2) is 46.2 Å². The molecule has 0 unspecified atom stereocenters. The zero-order valence-electron chi connectivity index (χ0n) is 11.8. The highest BCUT2D eigenvalue weighted by molar-refractivity contribution is 8.76. The van der Waals surface area contributed by atoms with E-state index < -0.39 is 0 Å². The molecule has 0 aliphatic rings. The van der Waals surface area contributed by atoms with Crippen molar-refractivity contribution in [2.45, 2.75) is 36.7 Å². The fraction of sp³-hybridized carbons (Fsp3) is 0.250. The summed E-state index contributed by atoms with van der Waals surface area (Å²) in [6.07, 6.45) is 0. The normalized spacial score (nSPS) is 10.8. The largest absolute Gasteiger partial charge is 0.326 e. The summed E-state index contributed by atoms with van der Waals surface area (Å²) < 4.78 is 0. The average Bonchev–Trinajstić information content (AvgIpc) is 2.46. The second kappa shape index (κ2) is 7.18. The minimum Gasteiger partial charge on any atom is -0.326 e. The fourth-order valence-corrected chi connectivity index (χ4v) is 4.43. The first kappa shape index (κ1) is 15.4. The van der Waals surface area contributed by atoms with E-state index in [1.807, 2.05) is 0 Å². The predicted octanol–water partition coefficient (Wildman–Crippen LogP) is 4.02. The smallest absolute Gasteiger partial charge is 0.0231 e. The van der Waals surface area contributed by atoms with Crippen LogP contribution in [0.5, 0.6) is 0 Å². The third kappa shape index (κ3) is 3.79. The van der Waals surface area contributed by atoms with Gasteiger partial charge in [0.15, 0.2) is 0 Å². The second-order valence-corrected chi connectivity index (χ2v) is 7.01. The van der Waals surface area contributed by atoms with Gasteiger partial charge in [0.25, 0.3) is 0 Å². The summed E-state index contributed by atoms with van der Waals surface area (Å²) in [5.74, 6) is 0. The zero-order chi connectivity index (χ0) is 14.5. The standard InChI is InChI=1S/C16H20N2S2/c1-11-3-5-15(13(7-11)9-17)19-20-16-6-4-12(2)8-14(16)10-18/h3-8H,9-10,17-18H2,1-2H3. The molecule has 0 aliphatic heterocycles. The lowest BCUT2D eigenvalue weighted by atomic mass is 10.1. The summed E-state index contributed by atoms with van der Waals surface area (Å²) >= 11 is 0. The van der Waals surface area contributed by atoms with Crippen molar-refractivity contribution in [2.75, 3.05) is 0 Å². The maximum absolute atomic E-state index is 5.82. The molecule has 0 aromatic heterocycles. The molecule has 2 rings (SSSR count). The van der Waals surface area contributed by atoms with Crippen LogP contribution >= 0.6 is 21.6 Å². The van der Waals surface area contributed by atoms with E-state index >= 15 is 0 Å². The molecule has 0 saturated carbocycles. The van der Waals surface area contributed by atoms with Gasteiger partial charge in [-0.1, -0.05) is 57.0 Å². The molecule has 0 spiro atoms. The van der Waals surface area contributed by atoms with Gasteiger partial charge in [-0.25, -0.2) is 0 Å². The van der Waals surface area contributed by atoms with Crippen LogP contribution < -0.4 is 11.5 Å². The first-order valence-electron chi connectivity index (χ1n) is 6.57. The van der Waals surface area contributed by atoms with Crippen molar-refractivity contribution < 1.29 is 0 Å². The van der Waals surface area contributed by atoms with E-state index in [9.17, 15) is 0 Å². The van der Waals surface area contributed by atoms with Crippen molar-refractivity contribution in [1.82, 2.24) is 0 Å². The number of rotatable bonds is 5.